The smallest absolute Gasteiger partial charge is 0.238 e. The van der Waals surface area contributed by atoms with Crippen molar-refractivity contribution in [3.63, 3.8) is 0 Å². The Bertz CT molecular complexity index is 687. The van der Waals surface area contributed by atoms with Gasteiger partial charge in [-0.1, -0.05) is 52.7 Å². The van der Waals surface area contributed by atoms with Crippen molar-refractivity contribution in [1.82, 2.24) is 5.32 Å². The van der Waals surface area contributed by atoms with Gasteiger partial charge in [0.1, 0.15) is 0 Å². The molecule has 0 aliphatic rings. The zero-order valence-electron chi connectivity index (χ0n) is 14.7. The van der Waals surface area contributed by atoms with E-state index in [0.29, 0.717) is 6.54 Å². The van der Waals surface area contributed by atoms with Crippen molar-refractivity contribution in [1.29, 1.82) is 0 Å². The number of carbonyl (C=O) groups is 1. The molecule has 128 valence electrons. The molecule has 0 aliphatic heterocycles. The van der Waals surface area contributed by atoms with E-state index < -0.39 is 0 Å². The van der Waals surface area contributed by atoms with Gasteiger partial charge < -0.3 is 10.6 Å². The van der Waals surface area contributed by atoms with Gasteiger partial charge in [0.05, 0.1) is 6.54 Å². The molecule has 0 unspecified atom stereocenters. The predicted octanol–water partition coefficient (Wildman–Crippen LogP) is 5.05. The van der Waals surface area contributed by atoms with Crippen LogP contribution in [-0.2, 0) is 4.79 Å². The van der Waals surface area contributed by atoms with Gasteiger partial charge in [0, 0.05) is 16.2 Å². The third kappa shape index (κ3) is 4.92. The molecule has 4 heteroatoms. The second-order valence-electron chi connectivity index (χ2n) is 6.22. The lowest BCUT2D eigenvalue weighted by Gasteiger charge is -2.18. The molecular weight excluding hydrogens is 364 g/mol. The van der Waals surface area contributed by atoms with Gasteiger partial charge in [0.15, 0.2) is 0 Å². The van der Waals surface area contributed by atoms with Gasteiger partial charge in [-0.05, 0) is 56.0 Å². The van der Waals surface area contributed by atoms with E-state index in [1.165, 1.54) is 11.1 Å². The molecule has 0 aliphatic carbocycles. The first-order chi connectivity index (χ1) is 11.4. The van der Waals surface area contributed by atoms with Crippen molar-refractivity contribution in [2.24, 2.45) is 0 Å². The molecule has 1 amide bonds. The highest BCUT2D eigenvalue weighted by molar-refractivity contribution is 9.10. The molecule has 0 fully saturated rings. The van der Waals surface area contributed by atoms with Crippen molar-refractivity contribution < 1.29 is 4.79 Å². The number of nitrogens with one attached hydrogen (secondary N) is 2. The monoisotopic (exact) mass is 388 g/mol. The molecule has 0 saturated carbocycles. The lowest BCUT2D eigenvalue weighted by molar-refractivity contribution is -0.115. The summed E-state index contributed by atoms with van der Waals surface area (Å²) < 4.78 is 1.06. The van der Waals surface area contributed by atoms with E-state index >= 15 is 0 Å². The number of carbonyl (C=O) groups excluding carboxylic acids is 1. The Balaban J connectivity index is 1.98. The predicted molar refractivity (Wildman–Crippen MR) is 104 cm³/mol. The molecule has 0 radical (unpaired) electrons. The average Bonchev–Trinajstić information content (AvgIpc) is 2.53. The SMILES string of the molecule is CC[C@@H](NCC(=O)Nc1c(C)cc(C)cc1C)c1ccc(Br)cc1. The summed E-state index contributed by atoms with van der Waals surface area (Å²) in [6.45, 7) is 8.53. The van der Waals surface area contributed by atoms with Crippen molar-refractivity contribution in [3.8, 4) is 0 Å². The summed E-state index contributed by atoms with van der Waals surface area (Å²) >= 11 is 3.45. The number of hydrogen-bond donors (Lipinski definition) is 2. The second kappa shape index (κ2) is 8.45. The van der Waals surface area contributed by atoms with Crippen molar-refractivity contribution in [3.05, 3.63) is 63.1 Å². The first kappa shape index (κ1) is 18.7. The van der Waals surface area contributed by atoms with E-state index in [9.17, 15) is 4.79 Å². The number of anilines is 1. The van der Waals surface area contributed by atoms with Gasteiger partial charge in [-0.15, -0.1) is 0 Å². The van der Waals surface area contributed by atoms with Gasteiger partial charge >= 0.3 is 0 Å². The minimum absolute atomic E-state index is 0.0133. The van der Waals surface area contributed by atoms with Crippen LogP contribution < -0.4 is 10.6 Å². The number of hydrogen-bond acceptors (Lipinski definition) is 2. The van der Waals surface area contributed by atoms with Gasteiger partial charge in [0.25, 0.3) is 0 Å². The lowest BCUT2D eigenvalue weighted by atomic mass is 10.0. The number of halogens is 1. The van der Waals surface area contributed by atoms with E-state index in [-0.39, 0.29) is 11.9 Å². The molecule has 3 nitrogen and oxygen atoms in total. The van der Waals surface area contributed by atoms with Crippen LogP contribution in [0.15, 0.2) is 40.9 Å². The molecule has 2 N–H and O–H groups in total. The van der Waals surface area contributed by atoms with Crippen LogP contribution in [0.4, 0.5) is 5.69 Å². The summed E-state index contributed by atoms with van der Waals surface area (Å²) in [4.78, 5) is 12.3. The molecule has 2 aromatic rings. The van der Waals surface area contributed by atoms with Crippen LogP contribution in [0.3, 0.4) is 0 Å². The molecule has 0 saturated heterocycles. The zero-order chi connectivity index (χ0) is 17.7. The number of rotatable bonds is 6. The minimum Gasteiger partial charge on any atom is -0.324 e. The lowest BCUT2D eigenvalue weighted by Crippen LogP contribution is -2.31. The Morgan fingerprint density at radius 2 is 1.67 bits per heavy atom. The quantitative estimate of drug-likeness (QED) is 0.726. The van der Waals surface area contributed by atoms with Crippen LogP contribution in [0.25, 0.3) is 0 Å². The standard InChI is InChI=1S/C20H25BrN2O/c1-5-18(16-6-8-17(21)9-7-16)22-12-19(24)23-20-14(3)10-13(2)11-15(20)4/h6-11,18,22H,5,12H2,1-4H3,(H,23,24)/t18-/m1/s1. The molecule has 2 rings (SSSR count). The highest BCUT2D eigenvalue weighted by atomic mass is 79.9. The minimum atomic E-state index is -0.0133. The third-order valence-corrected chi connectivity index (χ3v) is 4.66. The molecular formula is C20H25BrN2O. The number of benzene rings is 2. The molecule has 0 heterocycles. The van der Waals surface area contributed by atoms with Crippen molar-refractivity contribution >= 4 is 27.5 Å². The van der Waals surface area contributed by atoms with Crippen LogP contribution >= 0.6 is 15.9 Å². The summed E-state index contributed by atoms with van der Waals surface area (Å²) in [5.74, 6) is -0.0133. The first-order valence-electron chi connectivity index (χ1n) is 8.27. The highest BCUT2D eigenvalue weighted by Crippen LogP contribution is 2.22. The van der Waals surface area contributed by atoms with Gasteiger partial charge in [-0.25, -0.2) is 0 Å². The Morgan fingerprint density at radius 1 is 1.08 bits per heavy atom. The Labute approximate surface area is 153 Å². The molecule has 0 bridgehead atoms. The molecule has 0 aromatic heterocycles. The molecule has 24 heavy (non-hydrogen) atoms. The van der Waals surface area contributed by atoms with E-state index in [4.69, 9.17) is 0 Å². The molecule has 1 atom stereocenters. The fourth-order valence-corrected chi connectivity index (χ4v) is 3.23. The first-order valence-corrected chi connectivity index (χ1v) is 9.06. The maximum Gasteiger partial charge on any atom is 0.238 e. The fourth-order valence-electron chi connectivity index (χ4n) is 2.97. The van der Waals surface area contributed by atoms with E-state index in [0.717, 1.165) is 27.7 Å². The normalized spacial score (nSPS) is 12.0. The summed E-state index contributed by atoms with van der Waals surface area (Å²) in [6.07, 6.45) is 0.928. The van der Waals surface area contributed by atoms with Gasteiger partial charge in [-0.2, -0.15) is 0 Å². The van der Waals surface area contributed by atoms with Crippen LogP contribution in [0.1, 0.15) is 41.6 Å². The maximum absolute atomic E-state index is 12.3. The summed E-state index contributed by atoms with van der Waals surface area (Å²) in [6, 6.07) is 12.6. The zero-order valence-corrected chi connectivity index (χ0v) is 16.3. The number of aryl methyl sites for hydroxylation is 3. The molecule has 0 spiro atoms. The highest BCUT2D eigenvalue weighted by Gasteiger charge is 2.12. The molecule has 2 aromatic carbocycles. The number of amides is 1. The van der Waals surface area contributed by atoms with Crippen LogP contribution in [0, 0.1) is 20.8 Å². The maximum atomic E-state index is 12.3. The van der Waals surface area contributed by atoms with E-state index in [2.05, 4.69) is 64.7 Å². The van der Waals surface area contributed by atoms with Crippen molar-refractivity contribution in [2.45, 2.75) is 40.2 Å². The fraction of sp³-hybridized carbons (Fsp3) is 0.350. The topological polar surface area (TPSA) is 41.1 Å². The van der Waals surface area contributed by atoms with Gasteiger partial charge in [0.2, 0.25) is 5.91 Å². The summed E-state index contributed by atoms with van der Waals surface area (Å²) in [5.41, 5.74) is 5.52. The van der Waals surface area contributed by atoms with Crippen LogP contribution in [-0.4, -0.2) is 12.5 Å². The second-order valence-corrected chi connectivity index (χ2v) is 7.13. The summed E-state index contributed by atoms with van der Waals surface area (Å²) in [7, 11) is 0. The largest absolute Gasteiger partial charge is 0.324 e. The average molecular weight is 389 g/mol. The van der Waals surface area contributed by atoms with Crippen LogP contribution in [0.5, 0.6) is 0 Å². The Hall–Kier alpha value is -1.65. The van der Waals surface area contributed by atoms with Crippen LogP contribution in [0.2, 0.25) is 0 Å². The van der Waals surface area contributed by atoms with Crippen molar-refractivity contribution in [2.75, 3.05) is 11.9 Å². The Kier molecular flexibility index (Phi) is 6.58. The van der Waals surface area contributed by atoms with Gasteiger partial charge in [-0.3, -0.25) is 4.79 Å². The third-order valence-electron chi connectivity index (χ3n) is 4.13. The Morgan fingerprint density at radius 3 is 2.21 bits per heavy atom. The summed E-state index contributed by atoms with van der Waals surface area (Å²) in [5, 5.41) is 6.38. The van der Waals surface area contributed by atoms with E-state index in [1.54, 1.807) is 0 Å². The van der Waals surface area contributed by atoms with E-state index in [1.807, 2.05) is 26.0 Å².